The fourth-order valence-corrected chi connectivity index (χ4v) is 3.49. The van der Waals surface area contributed by atoms with Gasteiger partial charge in [-0.25, -0.2) is 0 Å². The van der Waals surface area contributed by atoms with Crippen molar-refractivity contribution in [1.29, 1.82) is 0 Å². The predicted octanol–water partition coefficient (Wildman–Crippen LogP) is 4.43. The molecule has 2 heteroatoms. The normalized spacial score (nSPS) is 19.8. The Morgan fingerprint density at radius 3 is 1.67 bits per heavy atom. The van der Waals surface area contributed by atoms with E-state index in [1.165, 1.54) is 11.1 Å². The van der Waals surface area contributed by atoms with Gasteiger partial charge >= 0.3 is 0 Å². The molecule has 0 aromatic heterocycles. The highest BCUT2D eigenvalue weighted by atomic mass is 16.7. The fourth-order valence-electron chi connectivity index (χ4n) is 3.49. The van der Waals surface area contributed by atoms with Gasteiger partial charge in [0.25, 0.3) is 5.79 Å². The van der Waals surface area contributed by atoms with E-state index in [2.05, 4.69) is 24.3 Å². The lowest BCUT2D eigenvalue weighted by atomic mass is 9.95. The van der Waals surface area contributed by atoms with Gasteiger partial charge < -0.3 is 9.47 Å². The Morgan fingerprint density at radius 2 is 1.14 bits per heavy atom. The number of hydrogen-bond donors (Lipinski definition) is 0. The summed E-state index contributed by atoms with van der Waals surface area (Å²) in [6.07, 6.45) is 6.45. The number of hydrogen-bond acceptors (Lipinski definition) is 2. The largest absolute Gasteiger partial charge is 0.444 e. The monoisotopic (exact) mass is 274 g/mol. The van der Waals surface area contributed by atoms with Crippen LogP contribution in [0.4, 0.5) is 0 Å². The first-order chi connectivity index (χ1) is 10.4. The van der Waals surface area contributed by atoms with E-state index in [0.29, 0.717) is 0 Å². The smallest absolute Gasteiger partial charge is 0.297 e. The van der Waals surface area contributed by atoms with Crippen LogP contribution < -0.4 is 9.47 Å². The van der Waals surface area contributed by atoms with Crippen LogP contribution in [0.5, 0.6) is 11.5 Å². The van der Waals surface area contributed by atoms with Crippen LogP contribution in [0.25, 0.3) is 12.2 Å². The third-order valence-corrected chi connectivity index (χ3v) is 4.51. The van der Waals surface area contributed by atoms with Crippen LogP contribution >= 0.6 is 0 Å². The van der Waals surface area contributed by atoms with Crippen molar-refractivity contribution in [2.75, 3.05) is 0 Å². The maximum Gasteiger partial charge on any atom is 0.297 e. The lowest BCUT2D eigenvalue weighted by Crippen LogP contribution is -2.45. The summed E-state index contributed by atoms with van der Waals surface area (Å²) in [5.74, 6) is 1.09. The Bertz CT molecular complexity index is 744. The fraction of sp³-hybridized carbons (Fsp3) is 0.158. The van der Waals surface area contributed by atoms with Crippen LogP contribution in [-0.2, 0) is 0 Å². The van der Waals surface area contributed by atoms with Crippen LogP contribution in [-0.4, -0.2) is 5.79 Å². The zero-order chi connectivity index (χ0) is 13.9. The lowest BCUT2D eigenvalue weighted by Gasteiger charge is -2.39. The molecule has 0 N–H and O–H groups in total. The Morgan fingerprint density at radius 1 is 0.667 bits per heavy atom. The SMILES string of the molecule is C1=C2CCC3=Cc4ccccc4OC23Oc2ccccc21. The molecule has 1 aliphatic carbocycles. The van der Waals surface area contributed by atoms with Gasteiger partial charge in [0.1, 0.15) is 11.5 Å². The summed E-state index contributed by atoms with van der Waals surface area (Å²) in [6, 6.07) is 16.3. The minimum absolute atomic E-state index is 0.706. The van der Waals surface area contributed by atoms with E-state index >= 15 is 0 Å². The van der Waals surface area contributed by atoms with Crippen LogP contribution in [0.3, 0.4) is 0 Å². The first kappa shape index (κ1) is 11.2. The van der Waals surface area contributed by atoms with Crippen molar-refractivity contribution < 1.29 is 9.47 Å². The molecule has 2 aromatic carbocycles. The van der Waals surface area contributed by atoms with Gasteiger partial charge in [-0.05, 0) is 37.1 Å². The van der Waals surface area contributed by atoms with Gasteiger partial charge in [-0.3, -0.25) is 0 Å². The summed E-state index contributed by atoms with van der Waals surface area (Å²) in [6.45, 7) is 0. The molecule has 5 rings (SSSR count). The molecule has 2 aromatic rings. The molecule has 0 saturated heterocycles. The second-order valence-corrected chi connectivity index (χ2v) is 5.74. The Labute approximate surface area is 123 Å². The highest BCUT2D eigenvalue weighted by molar-refractivity contribution is 5.73. The van der Waals surface area contributed by atoms with Gasteiger partial charge in [0.2, 0.25) is 0 Å². The molecule has 102 valence electrons. The highest BCUT2D eigenvalue weighted by Gasteiger charge is 2.51. The molecule has 0 amide bonds. The number of benzene rings is 2. The molecule has 2 nitrogen and oxygen atoms in total. The summed E-state index contributed by atoms with van der Waals surface area (Å²) >= 11 is 0. The van der Waals surface area contributed by atoms with Crippen molar-refractivity contribution in [1.82, 2.24) is 0 Å². The van der Waals surface area contributed by atoms with Gasteiger partial charge in [0.15, 0.2) is 0 Å². The zero-order valence-corrected chi connectivity index (χ0v) is 11.5. The van der Waals surface area contributed by atoms with Crippen LogP contribution in [0.2, 0.25) is 0 Å². The van der Waals surface area contributed by atoms with Gasteiger partial charge in [-0.2, -0.15) is 0 Å². The van der Waals surface area contributed by atoms with Crippen molar-refractivity contribution in [2.24, 2.45) is 0 Å². The lowest BCUT2D eigenvalue weighted by molar-refractivity contribution is -0.0451. The van der Waals surface area contributed by atoms with Gasteiger partial charge in [-0.1, -0.05) is 36.4 Å². The van der Waals surface area contributed by atoms with Gasteiger partial charge in [0.05, 0.1) is 0 Å². The molecule has 21 heavy (non-hydrogen) atoms. The average Bonchev–Trinajstić information content (AvgIpc) is 2.87. The van der Waals surface area contributed by atoms with E-state index in [1.54, 1.807) is 0 Å². The molecular formula is C19H14O2. The maximum absolute atomic E-state index is 6.35. The second-order valence-electron chi connectivity index (χ2n) is 5.74. The number of fused-ring (bicyclic) bond motifs is 2. The standard InChI is InChI=1S/C19H14O2/c1-3-7-17-13(5-1)11-15-9-10-16-12-14-6-2-4-8-18(14)21-19(15,16)20-17/h1-8,11-12H,9-10H2. The molecule has 2 heterocycles. The summed E-state index contributed by atoms with van der Waals surface area (Å²) in [5, 5.41) is 0. The van der Waals surface area contributed by atoms with E-state index in [-0.39, 0.29) is 0 Å². The average molecular weight is 274 g/mol. The van der Waals surface area contributed by atoms with Crippen molar-refractivity contribution in [2.45, 2.75) is 18.6 Å². The van der Waals surface area contributed by atoms with E-state index in [4.69, 9.17) is 9.47 Å². The van der Waals surface area contributed by atoms with Crippen molar-refractivity contribution >= 4 is 12.2 Å². The predicted molar refractivity (Wildman–Crippen MR) is 82.1 cm³/mol. The molecule has 1 saturated carbocycles. The van der Waals surface area contributed by atoms with Gasteiger partial charge in [0, 0.05) is 22.3 Å². The van der Waals surface area contributed by atoms with E-state index in [9.17, 15) is 0 Å². The van der Waals surface area contributed by atoms with E-state index in [0.717, 1.165) is 35.5 Å². The van der Waals surface area contributed by atoms with Crippen molar-refractivity contribution in [3.05, 3.63) is 70.8 Å². The van der Waals surface area contributed by atoms with Gasteiger partial charge in [-0.15, -0.1) is 0 Å². The van der Waals surface area contributed by atoms with E-state index in [1.807, 2.05) is 36.4 Å². The molecule has 0 bridgehead atoms. The molecule has 1 fully saturated rings. The Hall–Kier alpha value is -2.48. The molecule has 2 aliphatic heterocycles. The summed E-state index contributed by atoms with van der Waals surface area (Å²) in [7, 11) is 0. The molecule has 3 aliphatic rings. The van der Waals surface area contributed by atoms with Crippen LogP contribution in [0.1, 0.15) is 24.0 Å². The molecule has 0 atom stereocenters. The third-order valence-electron chi connectivity index (χ3n) is 4.51. The maximum atomic E-state index is 6.35. The first-order valence-electron chi connectivity index (χ1n) is 7.33. The first-order valence-corrected chi connectivity index (χ1v) is 7.33. The molecule has 1 spiro atoms. The van der Waals surface area contributed by atoms with Crippen molar-refractivity contribution in [3.63, 3.8) is 0 Å². The Kier molecular flexibility index (Phi) is 2.02. The van der Waals surface area contributed by atoms with Crippen LogP contribution in [0.15, 0.2) is 59.7 Å². The minimum atomic E-state index is -0.706. The molecule has 0 radical (unpaired) electrons. The summed E-state index contributed by atoms with van der Waals surface area (Å²) in [5.41, 5.74) is 4.73. The number of rotatable bonds is 0. The quantitative estimate of drug-likeness (QED) is 0.707. The second kappa shape index (κ2) is 3.79. The zero-order valence-electron chi connectivity index (χ0n) is 11.5. The molecular weight excluding hydrogens is 260 g/mol. The van der Waals surface area contributed by atoms with Crippen molar-refractivity contribution in [3.8, 4) is 11.5 Å². The topological polar surface area (TPSA) is 18.5 Å². The minimum Gasteiger partial charge on any atom is -0.444 e. The van der Waals surface area contributed by atoms with Crippen LogP contribution in [0, 0.1) is 0 Å². The summed E-state index contributed by atoms with van der Waals surface area (Å²) in [4.78, 5) is 0. The summed E-state index contributed by atoms with van der Waals surface area (Å²) < 4.78 is 12.7. The highest BCUT2D eigenvalue weighted by Crippen LogP contribution is 2.52. The molecule has 0 unspecified atom stereocenters. The number of para-hydroxylation sites is 2. The third kappa shape index (κ3) is 1.42. The number of ether oxygens (including phenoxy) is 2. The Balaban J connectivity index is 1.72. The van der Waals surface area contributed by atoms with E-state index < -0.39 is 5.79 Å².